The Morgan fingerprint density at radius 1 is 1.10 bits per heavy atom. The van der Waals surface area contributed by atoms with E-state index in [1.54, 1.807) is 26.7 Å². The van der Waals surface area contributed by atoms with E-state index < -0.39 is 41.3 Å². The number of H-pyrrole nitrogens is 1. The number of methoxy groups -OCH3 is 1. The summed E-state index contributed by atoms with van der Waals surface area (Å²) in [6, 6.07) is 11.9. The maximum absolute atomic E-state index is 14.6. The molecule has 0 aliphatic carbocycles. The Balaban J connectivity index is 1.43. The fourth-order valence-electron chi connectivity index (χ4n) is 8.93. The Bertz CT molecular complexity index is 2430. The molecular weight excluding hydrogens is 761 g/mol. The summed E-state index contributed by atoms with van der Waals surface area (Å²) >= 11 is 0. The number of nitrogens with one attached hydrogen (secondary N) is 3. The third-order valence-electron chi connectivity index (χ3n) is 12.1. The van der Waals surface area contributed by atoms with Crippen LogP contribution in [-0.4, -0.2) is 98.6 Å². The van der Waals surface area contributed by atoms with Crippen molar-refractivity contribution >= 4 is 45.6 Å². The first-order chi connectivity index (χ1) is 28.6. The molecule has 14 heteroatoms. The number of imidazole rings is 1. The highest BCUT2D eigenvalue weighted by Gasteiger charge is 2.37. The van der Waals surface area contributed by atoms with Gasteiger partial charge in [-0.2, -0.15) is 0 Å². The van der Waals surface area contributed by atoms with Crippen LogP contribution in [0.4, 0.5) is 0 Å². The third kappa shape index (κ3) is 8.27. The number of ether oxygens (including phenoxy) is 2. The maximum Gasteiger partial charge on any atom is 0.324 e. The summed E-state index contributed by atoms with van der Waals surface area (Å²) in [6.07, 6.45) is 4.95. The molecule has 1 unspecified atom stereocenters. The van der Waals surface area contributed by atoms with Crippen LogP contribution in [0.3, 0.4) is 0 Å². The van der Waals surface area contributed by atoms with E-state index in [4.69, 9.17) is 14.5 Å². The number of pyridine rings is 1. The number of cyclic esters (lactones) is 1. The minimum Gasteiger partial charge on any atom is -0.464 e. The Hall–Kier alpha value is -5.60. The van der Waals surface area contributed by atoms with Crippen LogP contribution in [0.5, 0.6) is 0 Å². The molecule has 3 aromatic heterocycles. The first kappa shape index (κ1) is 42.5. The first-order valence-corrected chi connectivity index (χ1v) is 21.0. The number of aromatic amines is 1. The van der Waals surface area contributed by atoms with Crippen molar-refractivity contribution in [2.45, 2.75) is 105 Å². The van der Waals surface area contributed by atoms with Gasteiger partial charge < -0.3 is 29.2 Å². The van der Waals surface area contributed by atoms with Crippen molar-refractivity contribution in [2.24, 2.45) is 11.3 Å². The second-order valence-electron chi connectivity index (χ2n) is 17.4. The van der Waals surface area contributed by atoms with Crippen molar-refractivity contribution in [3.63, 3.8) is 0 Å². The fourth-order valence-corrected chi connectivity index (χ4v) is 8.93. The predicted molar refractivity (Wildman–Crippen MR) is 230 cm³/mol. The highest BCUT2D eigenvalue weighted by Crippen LogP contribution is 2.42. The molecule has 318 valence electrons. The van der Waals surface area contributed by atoms with E-state index in [0.717, 1.165) is 55.6 Å². The maximum atomic E-state index is 14.6. The summed E-state index contributed by atoms with van der Waals surface area (Å²) in [4.78, 5) is 69.2. The lowest BCUT2D eigenvalue weighted by Gasteiger charge is -2.36. The van der Waals surface area contributed by atoms with E-state index in [-0.39, 0.29) is 31.0 Å². The van der Waals surface area contributed by atoms with Crippen molar-refractivity contribution in [3.8, 4) is 22.4 Å². The molecule has 0 saturated carbocycles. The number of benzene rings is 2. The van der Waals surface area contributed by atoms with Crippen LogP contribution in [0.2, 0.25) is 0 Å². The number of amides is 3. The number of hydrogen-bond donors (Lipinski definition) is 3. The molecule has 14 nitrogen and oxygen atoms in total. The normalized spacial score (nSPS) is 19.5. The second-order valence-corrected chi connectivity index (χ2v) is 17.4. The lowest BCUT2D eigenvalue weighted by molar-refractivity contribution is -0.155. The van der Waals surface area contributed by atoms with Crippen molar-refractivity contribution in [2.75, 3.05) is 27.3 Å². The number of aryl methyl sites for hydroxylation is 1. The molecule has 2 aromatic carbocycles. The zero-order valence-electron chi connectivity index (χ0n) is 36.2. The molecule has 3 amide bonds. The van der Waals surface area contributed by atoms with Crippen molar-refractivity contribution < 1.29 is 28.7 Å². The Morgan fingerprint density at radius 3 is 2.60 bits per heavy atom. The van der Waals surface area contributed by atoms with Gasteiger partial charge in [0.2, 0.25) is 11.8 Å². The number of rotatable bonds is 8. The van der Waals surface area contributed by atoms with Gasteiger partial charge in [-0.05, 0) is 92.1 Å². The van der Waals surface area contributed by atoms with E-state index in [9.17, 15) is 19.2 Å². The van der Waals surface area contributed by atoms with Crippen LogP contribution in [0.25, 0.3) is 44.3 Å². The van der Waals surface area contributed by atoms with Crippen LogP contribution in [0, 0.1) is 11.3 Å². The van der Waals surface area contributed by atoms with E-state index in [2.05, 4.69) is 76.4 Å². The number of nitrogens with zero attached hydrogens (tertiary/aromatic N) is 5. The summed E-state index contributed by atoms with van der Waals surface area (Å²) in [5.74, 6) is -1.77. The quantitative estimate of drug-likeness (QED) is 0.157. The number of hydrogen-bond acceptors (Lipinski definition) is 9. The third-order valence-corrected chi connectivity index (χ3v) is 12.1. The SMILES string of the molecule is CCn1c(-c2cccnc2[C@H](C)OC)c2c3cc(ccc31)-c1cc(cc3nc[nH]c13)C[C@H](NC(=O)C(C(C)C)N(C)C(C)=O)C(=O)N1CCC[C@H](N1)C(=O)OCC(C)(C)C2. The number of likely N-dealkylation sites (N-methyl/N-ethyl adjacent to an activating group) is 1. The zero-order valence-corrected chi connectivity index (χ0v) is 36.2. The molecule has 3 N–H and O–H groups in total. The molecule has 6 bridgehead atoms. The number of carbonyl (C=O) groups excluding carboxylic acids is 4. The van der Waals surface area contributed by atoms with Gasteiger partial charge in [0.1, 0.15) is 18.1 Å². The zero-order chi connectivity index (χ0) is 43.0. The number of fused-ring (bicyclic) bond motifs is 8. The predicted octanol–water partition coefficient (Wildman–Crippen LogP) is 6.13. The van der Waals surface area contributed by atoms with Gasteiger partial charge in [-0.15, -0.1) is 0 Å². The van der Waals surface area contributed by atoms with Gasteiger partial charge in [-0.3, -0.25) is 29.2 Å². The van der Waals surface area contributed by atoms with Gasteiger partial charge in [0.25, 0.3) is 5.91 Å². The summed E-state index contributed by atoms with van der Waals surface area (Å²) in [5.41, 5.74) is 11.8. The first-order valence-electron chi connectivity index (χ1n) is 21.0. The monoisotopic (exact) mass is 818 g/mol. The number of aromatic nitrogens is 4. The standard InChI is InChI=1S/C46H58N8O6/c1-10-53-38-16-15-30-22-33(38)34(42(53)31-13-11-17-47-39(31)27(4)59-9)23-46(6,7)24-60-45(58)35-14-12-18-54(51-35)44(57)37(50-43(56)41(26(2)3)52(8)28(5)55)21-29-19-32(30)40-36(20-29)48-25-49-40/h11,13,15-17,19-20,22,25-27,35,37,41,51H,10,12,14,18,21,23-24H2,1-9H3,(H,48,49)(H,50,56)/t27-,35-,37-,41?/m0/s1. The Labute approximate surface area is 351 Å². The minimum atomic E-state index is -1.04. The Morgan fingerprint density at radius 2 is 1.88 bits per heavy atom. The second kappa shape index (κ2) is 17.2. The molecule has 1 fully saturated rings. The van der Waals surface area contributed by atoms with Crippen LogP contribution in [-0.2, 0) is 48.0 Å². The van der Waals surface area contributed by atoms with Gasteiger partial charge in [-0.25, -0.2) is 10.4 Å². The van der Waals surface area contributed by atoms with Gasteiger partial charge >= 0.3 is 5.97 Å². The largest absolute Gasteiger partial charge is 0.464 e. The molecule has 2 aliphatic heterocycles. The molecule has 5 aromatic rings. The van der Waals surface area contributed by atoms with Gasteiger partial charge in [0.05, 0.1) is 41.5 Å². The van der Waals surface area contributed by atoms with E-state index >= 15 is 0 Å². The van der Waals surface area contributed by atoms with Crippen molar-refractivity contribution in [1.82, 2.24) is 40.2 Å². The molecule has 2 aliphatic rings. The number of carbonyl (C=O) groups is 4. The van der Waals surface area contributed by atoms with Gasteiger partial charge in [0.15, 0.2) is 0 Å². The number of esters is 1. The highest BCUT2D eigenvalue weighted by atomic mass is 16.5. The molecule has 0 spiro atoms. The molecule has 60 heavy (non-hydrogen) atoms. The van der Waals surface area contributed by atoms with Crippen molar-refractivity contribution in [3.05, 3.63) is 71.8 Å². The average Bonchev–Trinajstić information content (AvgIpc) is 3.83. The molecule has 4 atom stereocenters. The molecule has 0 radical (unpaired) electrons. The summed E-state index contributed by atoms with van der Waals surface area (Å²) < 4.78 is 14.3. The average molecular weight is 819 g/mol. The van der Waals surface area contributed by atoms with E-state index in [0.29, 0.717) is 37.9 Å². The molecule has 7 rings (SSSR count). The summed E-state index contributed by atoms with van der Waals surface area (Å²) in [6.45, 7) is 14.7. The molecular formula is C46H58N8O6. The topological polar surface area (TPSA) is 164 Å². The minimum absolute atomic E-state index is 0.127. The van der Waals surface area contributed by atoms with Crippen LogP contribution < -0.4 is 10.7 Å². The van der Waals surface area contributed by atoms with Gasteiger partial charge in [-0.1, -0.05) is 33.8 Å². The molecule has 1 saturated heterocycles. The van der Waals surface area contributed by atoms with E-state index in [1.165, 1.54) is 16.8 Å². The smallest absolute Gasteiger partial charge is 0.324 e. The van der Waals surface area contributed by atoms with Crippen LogP contribution >= 0.6 is 0 Å². The van der Waals surface area contributed by atoms with Crippen LogP contribution in [0.1, 0.15) is 84.2 Å². The van der Waals surface area contributed by atoms with Gasteiger partial charge in [0, 0.05) is 74.2 Å². The fraction of sp³-hybridized carbons (Fsp3) is 0.478. The summed E-state index contributed by atoms with van der Waals surface area (Å²) in [5, 5.41) is 5.52. The number of hydrazine groups is 1. The highest BCUT2D eigenvalue weighted by molar-refractivity contribution is 5.99. The lowest BCUT2D eigenvalue weighted by atomic mass is 9.84. The molecule has 5 heterocycles. The lowest BCUT2D eigenvalue weighted by Crippen LogP contribution is -2.62. The summed E-state index contributed by atoms with van der Waals surface area (Å²) in [7, 11) is 3.28. The van der Waals surface area contributed by atoms with Crippen molar-refractivity contribution in [1.29, 1.82) is 0 Å². The van der Waals surface area contributed by atoms with Crippen LogP contribution in [0.15, 0.2) is 55.0 Å². The Kier molecular flexibility index (Phi) is 12.2. The van der Waals surface area contributed by atoms with E-state index in [1.807, 2.05) is 32.9 Å².